The first kappa shape index (κ1) is 13.6. The molecule has 3 nitrogen and oxygen atoms in total. The van der Waals surface area contributed by atoms with E-state index in [1.807, 2.05) is 0 Å². The smallest absolute Gasteiger partial charge is 0.370 e. The van der Waals surface area contributed by atoms with Gasteiger partial charge in [-0.05, 0) is 24.6 Å². The van der Waals surface area contributed by atoms with E-state index in [0.29, 0.717) is 12.6 Å². The van der Waals surface area contributed by atoms with Gasteiger partial charge in [-0.15, -0.1) is 0 Å². The van der Waals surface area contributed by atoms with Gasteiger partial charge in [0.2, 0.25) is 0 Å². The monoisotopic (exact) mass is 275 g/mol. The van der Waals surface area contributed by atoms with Crippen LogP contribution in [-0.2, 0) is 6.18 Å². The number of guanidine groups is 1. The Morgan fingerprint density at radius 2 is 2.11 bits per heavy atom. The summed E-state index contributed by atoms with van der Waals surface area (Å²) in [6.07, 6.45) is -4.60. The molecule has 1 atom stereocenters. The average molecular weight is 275 g/mol. The predicted molar refractivity (Wildman–Crippen MR) is 63.0 cm³/mol. The molecule has 104 valence electrons. The Morgan fingerprint density at radius 3 is 2.68 bits per heavy atom. The van der Waals surface area contributed by atoms with E-state index in [4.69, 9.17) is 5.73 Å². The second kappa shape index (κ2) is 4.71. The molecule has 0 aromatic heterocycles. The number of halogens is 4. The third-order valence-corrected chi connectivity index (χ3v) is 3.12. The van der Waals surface area contributed by atoms with Gasteiger partial charge >= 0.3 is 6.18 Å². The quantitative estimate of drug-likeness (QED) is 0.843. The first-order valence-electron chi connectivity index (χ1n) is 5.77. The summed E-state index contributed by atoms with van der Waals surface area (Å²) in [5.74, 6) is -0.698. The standard InChI is InChI=1S/C12H13F4N3/c1-2-19-10(6-18-11(19)17)8-4-3-7(13)5-9(8)12(14,15)16/h3-5,10H,2,6H2,1H3,(H2,17,18). The molecule has 0 radical (unpaired) electrons. The Labute approximate surface area is 107 Å². The van der Waals surface area contributed by atoms with Crippen molar-refractivity contribution in [2.45, 2.75) is 19.1 Å². The highest BCUT2D eigenvalue weighted by Gasteiger charge is 2.38. The van der Waals surface area contributed by atoms with Gasteiger partial charge in [0.05, 0.1) is 18.2 Å². The molecule has 0 fully saturated rings. The van der Waals surface area contributed by atoms with Crippen molar-refractivity contribution in [3.63, 3.8) is 0 Å². The van der Waals surface area contributed by atoms with E-state index in [2.05, 4.69) is 4.99 Å². The molecule has 0 amide bonds. The van der Waals surface area contributed by atoms with E-state index in [0.717, 1.165) is 12.1 Å². The van der Waals surface area contributed by atoms with E-state index in [9.17, 15) is 17.6 Å². The van der Waals surface area contributed by atoms with Crippen LogP contribution in [0.5, 0.6) is 0 Å². The van der Waals surface area contributed by atoms with Crippen LogP contribution in [0, 0.1) is 5.82 Å². The highest BCUT2D eigenvalue weighted by molar-refractivity contribution is 5.80. The van der Waals surface area contributed by atoms with E-state index in [1.54, 1.807) is 11.8 Å². The van der Waals surface area contributed by atoms with Gasteiger partial charge in [-0.25, -0.2) is 4.39 Å². The molecule has 0 bridgehead atoms. The largest absolute Gasteiger partial charge is 0.416 e. The third kappa shape index (κ3) is 2.50. The van der Waals surface area contributed by atoms with Crippen LogP contribution in [0.25, 0.3) is 0 Å². The molecule has 0 spiro atoms. The highest BCUT2D eigenvalue weighted by atomic mass is 19.4. The van der Waals surface area contributed by atoms with Gasteiger partial charge in [0.1, 0.15) is 5.82 Å². The zero-order valence-corrected chi connectivity index (χ0v) is 10.2. The third-order valence-electron chi connectivity index (χ3n) is 3.12. The van der Waals surface area contributed by atoms with Crippen molar-refractivity contribution in [2.75, 3.05) is 13.1 Å². The zero-order valence-electron chi connectivity index (χ0n) is 10.2. The Kier molecular flexibility index (Phi) is 3.38. The van der Waals surface area contributed by atoms with Crippen LogP contribution < -0.4 is 5.73 Å². The minimum Gasteiger partial charge on any atom is -0.370 e. The van der Waals surface area contributed by atoms with Crippen LogP contribution in [0.15, 0.2) is 23.2 Å². The minimum absolute atomic E-state index is 0.0000463. The van der Waals surface area contributed by atoms with E-state index in [-0.39, 0.29) is 18.1 Å². The van der Waals surface area contributed by atoms with Crippen LogP contribution in [0.3, 0.4) is 0 Å². The molecule has 1 heterocycles. The fraction of sp³-hybridized carbons (Fsp3) is 0.417. The summed E-state index contributed by atoms with van der Waals surface area (Å²) in [4.78, 5) is 5.52. The SMILES string of the molecule is CCN1C(N)=NCC1c1ccc(F)cc1C(F)(F)F. The second-order valence-corrected chi connectivity index (χ2v) is 4.23. The summed E-state index contributed by atoms with van der Waals surface area (Å²) < 4.78 is 51.9. The van der Waals surface area contributed by atoms with Crippen LogP contribution in [0.4, 0.5) is 17.6 Å². The lowest BCUT2D eigenvalue weighted by Crippen LogP contribution is -2.36. The Morgan fingerprint density at radius 1 is 1.42 bits per heavy atom. The van der Waals surface area contributed by atoms with Crippen molar-refractivity contribution in [1.82, 2.24) is 4.90 Å². The molecule has 1 aliphatic rings. The number of aliphatic imine (C=N–C) groups is 1. The summed E-state index contributed by atoms with van der Waals surface area (Å²) in [6.45, 7) is 2.36. The van der Waals surface area contributed by atoms with Crippen molar-refractivity contribution < 1.29 is 17.6 Å². The number of nitrogens with two attached hydrogens (primary N) is 1. The lowest BCUT2D eigenvalue weighted by Gasteiger charge is -2.27. The minimum atomic E-state index is -4.60. The number of nitrogens with zero attached hydrogens (tertiary/aromatic N) is 2. The summed E-state index contributed by atoms with van der Waals surface area (Å²) in [5.41, 5.74) is 4.66. The van der Waals surface area contributed by atoms with Crippen molar-refractivity contribution in [2.24, 2.45) is 10.7 Å². The maximum Gasteiger partial charge on any atom is 0.416 e. The molecule has 1 aromatic rings. The summed E-state index contributed by atoms with van der Waals surface area (Å²) in [5, 5.41) is 0. The Bertz CT molecular complexity index is 510. The van der Waals surface area contributed by atoms with Crippen LogP contribution >= 0.6 is 0 Å². The molecule has 0 saturated carbocycles. The molecule has 2 N–H and O–H groups in total. The average Bonchev–Trinajstić information content (AvgIpc) is 2.69. The van der Waals surface area contributed by atoms with Gasteiger partial charge in [0.25, 0.3) is 0 Å². The number of alkyl halides is 3. The number of likely N-dealkylation sites (N-methyl/N-ethyl adjacent to an activating group) is 1. The fourth-order valence-corrected chi connectivity index (χ4v) is 2.24. The molecule has 7 heteroatoms. The van der Waals surface area contributed by atoms with Gasteiger partial charge in [-0.2, -0.15) is 13.2 Å². The lowest BCUT2D eigenvalue weighted by atomic mass is 9.99. The molecule has 19 heavy (non-hydrogen) atoms. The summed E-state index contributed by atoms with van der Waals surface area (Å²) in [7, 11) is 0. The first-order chi connectivity index (χ1) is 8.84. The Hall–Kier alpha value is -1.79. The molecule has 1 aromatic carbocycles. The number of hydrogen-bond donors (Lipinski definition) is 1. The van der Waals surface area contributed by atoms with E-state index < -0.39 is 23.6 Å². The highest BCUT2D eigenvalue weighted by Crippen LogP contribution is 2.38. The summed E-state index contributed by atoms with van der Waals surface area (Å²) in [6, 6.07) is 2.09. The van der Waals surface area contributed by atoms with Gasteiger partial charge in [-0.1, -0.05) is 6.07 Å². The van der Waals surface area contributed by atoms with Crippen molar-refractivity contribution in [3.8, 4) is 0 Å². The van der Waals surface area contributed by atoms with E-state index >= 15 is 0 Å². The topological polar surface area (TPSA) is 41.6 Å². The van der Waals surface area contributed by atoms with Crippen molar-refractivity contribution >= 4 is 5.96 Å². The second-order valence-electron chi connectivity index (χ2n) is 4.23. The predicted octanol–water partition coefficient (Wildman–Crippen LogP) is 2.54. The number of rotatable bonds is 2. The molecular weight excluding hydrogens is 262 g/mol. The van der Waals surface area contributed by atoms with Gasteiger partial charge in [0.15, 0.2) is 5.96 Å². The molecule has 1 aliphatic heterocycles. The molecule has 0 aliphatic carbocycles. The number of benzene rings is 1. The van der Waals surface area contributed by atoms with Crippen LogP contribution in [0.2, 0.25) is 0 Å². The van der Waals surface area contributed by atoms with Gasteiger partial charge in [0, 0.05) is 6.54 Å². The maximum absolute atomic E-state index is 13.1. The molecular formula is C12H13F4N3. The summed E-state index contributed by atoms with van der Waals surface area (Å²) >= 11 is 0. The van der Waals surface area contributed by atoms with Gasteiger partial charge < -0.3 is 10.6 Å². The van der Waals surface area contributed by atoms with Crippen LogP contribution in [-0.4, -0.2) is 23.9 Å². The maximum atomic E-state index is 13.1. The first-order valence-corrected chi connectivity index (χ1v) is 5.77. The molecule has 0 saturated heterocycles. The van der Waals surface area contributed by atoms with Gasteiger partial charge in [-0.3, -0.25) is 4.99 Å². The van der Waals surface area contributed by atoms with E-state index in [1.165, 1.54) is 0 Å². The zero-order chi connectivity index (χ0) is 14.2. The van der Waals surface area contributed by atoms with Crippen LogP contribution in [0.1, 0.15) is 24.1 Å². The lowest BCUT2D eigenvalue weighted by molar-refractivity contribution is -0.138. The number of hydrogen-bond acceptors (Lipinski definition) is 3. The Balaban J connectivity index is 2.46. The normalized spacial score (nSPS) is 19.7. The molecule has 1 unspecified atom stereocenters. The van der Waals surface area contributed by atoms with Crippen molar-refractivity contribution in [3.05, 3.63) is 35.1 Å². The molecule has 2 rings (SSSR count). The van der Waals surface area contributed by atoms with Crippen molar-refractivity contribution in [1.29, 1.82) is 0 Å². The fourth-order valence-electron chi connectivity index (χ4n) is 2.24.